The first-order chi connectivity index (χ1) is 12.4. The molecule has 0 heterocycles. The highest BCUT2D eigenvalue weighted by Crippen LogP contribution is 2.27. The van der Waals surface area contributed by atoms with E-state index in [1.165, 1.54) is 4.90 Å². The second-order valence-electron chi connectivity index (χ2n) is 5.89. The van der Waals surface area contributed by atoms with Crippen LogP contribution in [0.3, 0.4) is 0 Å². The summed E-state index contributed by atoms with van der Waals surface area (Å²) in [7, 11) is 5.17. The lowest BCUT2D eigenvalue weighted by molar-refractivity contribution is 0.172. The van der Waals surface area contributed by atoms with Crippen LogP contribution in [0.1, 0.15) is 18.0 Å². The number of carbonyl (C=O) groups is 1. The highest BCUT2D eigenvalue weighted by atomic mass is 35.5. The maximum absolute atomic E-state index is 11.6. The standard InChI is InChI=1S/C19H22Cl2N2O3.ClH/c1-22-18(10-11-25-15-8-9-16(20)17(21)12-15)13-4-6-14(7-5-13)26-19(24)23(2)3;/h4-9,12,18,22H,10-11H2,1-3H3;1H. The van der Waals surface area contributed by atoms with Crippen molar-refractivity contribution in [2.75, 3.05) is 27.7 Å². The van der Waals surface area contributed by atoms with Crippen LogP contribution in [0.25, 0.3) is 0 Å². The molecule has 0 aliphatic heterocycles. The van der Waals surface area contributed by atoms with Gasteiger partial charge in [0.05, 0.1) is 16.7 Å². The Morgan fingerprint density at radius 3 is 2.26 bits per heavy atom. The Morgan fingerprint density at radius 2 is 1.70 bits per heavy atom. The van der Waals surface area contributed by atoms with E-state index in [0.29, 0.717) is 28.2 Å². The minimum absolute atomic E-state index is 0. The normalized spacial score (nSPS) is 11.3. The third-order valence-corrected chi connectivity index (χ3v) is 4.51. The number of hydrogen-bond acceptors (Lipinski definition) is 4. The number of nitrogens with one attached hydrogen (secondary N) is 1. The summed E-state index contributed by atoms with van der Waals surface area (Å²) in [6.07, 6.45) is 0.353. The van der Waals surface area contributed by atoms with E-state index < -0.39 is 6.09 Å². The van der Waals surface area contributed by atoms with Crippen LogP contribution in [-0.2, 0) is 0 Å². The summed E-state index contributed by atoms with van der Waals surface area (Å²) in [5.41, 5.74) is 1.08. The molecule has 0 aliphatic rings. The van der Waals surface area contributed by atoms with Crippen LogP contribution in [0.4, 0.5) is 4.79 Å². The number of hydrogen-bond donors (Lipinski definition) is 1. The van der Waals surface area contributed by atoms with E-state index in [0.717, 1.165) is 12.0 Å². The first-order valence-corrected chi connectivity index (χ1v) is 8.90. The molecule has 148 valence electrons. The molecule has 2 rings (SSSR count). The molecule has 0 saturated heterocycles. The van der Waals surface area contributed by atoms with E-state index in [4.69, 9.17) is 32.7 Å². The first-order valence-electron chi connectivity index (χ1n) is 8.15. The van der Waals surface area contributed by atoms with Crippen LogP contribution in [0, 0.1) is 0 Å². The van der Waals surface area contributed by atoms with Crippen molar-refractivity contribution in [1.82, 2.24) is 10.2 Å². The molecule has 0 aliphatic carbocycles. The smallest absolute Gasteiger partial charge is 0.414 e. The van der Waals surface area contributed by atoms with E-state index in [2.05, 4.69) is 5.32 Å². The van der Waals surface area contributed by atoms with Crippen molar-refractivity contribution < 1.29 is 14.3 Å². The Balaban J connectivity index is 0.00000364. The van der Waals surface area contributed by atoms with Gasteiger partial charge in [0.2, 0.25) is 0 Å². The monoisotopic (exact) mass is 432 g/mol. The summed E-state index contributed by atoms with van der Waals surface area (Å²) >= 11 is 11.9. The van der Waals surface area contributed by atoms with Gasteiger partial charge in [-0.2, -0.15) is 0 Å². The molecule has 0 radical (unpaired) electrons. The van der Waals surface area contributed by atoms with Crippen molar-refractivity contribution in [3.63, 3.8) is 0 Å². The van der Waals surface area contributed by atoms with E-state index in [-0.39, 0.29) is 18.4 Å². The molecule has 0 saturated carbocycles. The molecule has 8 heteroatoms. The summed E-state index contributed by atoms with van der Waals surface area (Å²) in [5.74, 6) is 1.19. The van der Waals surface area contributed by atoms with Crippen molar-refractivity contribution in [3.8, 4) is 11.5 Å². The summed E-state index contributed by atoms with van der Waals surface area (Å²) in [4.78, 5) is 12.9. The van der Waals surface area contributed by atoms with Gasteiger partial charge in [-0.15, -0.1) is 12.4 Å². The maximum atomic E-state index is 11.6. The average molecular weight is 434 g/mol. The van der Waals surface area contributed by atoms with Crippen molar-refractivity contribution in [1.29, 1.82) is 0 Å². The topological polar surface area (TPSA) is 50.8 Å². The molecule has 1 amide bonds. The number of nitrogens with zero attached hydrogens (tertiary/aromatic N) is 1. The number of rotatable bonds is 7. The molecule has 2 aromatic rings. The lowest BCUT2D eigenvalue weighted by atomic mass is 10.0. The van der Waals surface area contributed by atoms with Gasteiger partial charge in [-0.25, -0.2) is 4.79 Å². The quantitative estimate of drug-likeness (QED) is 0.651. The first kappa shape index (κ1) is 23.4. The third kappa shape index (κ3) is 7.11. The Kier molecular flexibility index (Phi) is 9.74. The Hall–Kier alpha value is -1.66. The fourth-order valence-electron chi connectivity index (χ4n) is 2.30. The average Bonchev–Trinajstić information content (AvgIpc) is 2.62. The molecule has 0 bridgehead atoms. The van der Waals surface area contributed by atoms with Gasteiger partial charge in [-0.05, 0) is 36.9 Å². The fraction of sp³-hybridized carbons (Fsp3) is 0.316. The third-order valence-electron chi connectivity index (χ3n) is 3.77. The summed E-state index contributed by atoms with van der Waals surface area (Å²) in [5, 5.41) is 4.23. The second-order valence-corrected chi connectivity index (χ2v) is 6.70. The summed E-state index contributed by atoms with van der Waals surface area (Å²) < 4.78 is 11.0. The van der Waals surface area contributed by atoms with E-state index in [9.17, 15) is 4.79 Å². The Bertz CT molecular complexity index is 739. The molecular weight excluding hydrogens is 411 g/mol. The highest BCUT2D eigenvalue weighted by molar-refractivity contribution is 6.42. The van der Waals surface area contributed by atoms with Crippen LogP contribution in [0.2, 0.25) is 10.0 Å². The molecular formula is C19H23Cl3N2O3. The Labute approximate surface area is 176 Å². The van der Waals surface area contributed by atoms with Crippen LogP contribution >= 0.6 is 35.6 Å². The summed E-state index contributed by atoms with van der Waals surface area (Å²) in [6, 6.07) is 12.7. The highest BCUT2D eigenvalue weighted by Gasteiger charge is 2.11. The van der Waals surface area contributed by atoms with Crippen molar-refractivity contribution >= 4 is 41.7 Å². The number of amides is 1. The number of ether oxygens (including phenoxy) is 2. The fourth-order valence-corrected chi connectivity index (χ4v) is 2.59. The molecule has 0 aromatic heterocycles. The minimum atomic E-state index is -0.405. The molecule has 1 atom stereocenters. The summed E-state index contributed by atoms with van der Waals surface area (Å²) in [6.45, 7) is 0.515. The van der Waals surface area contributed by atoms with E-state index >= 15 is 0 Å². The lowest BCUT2D eigenvalue weighted by Crippen LogP contribution is -2.25. The van der Waals surface area contributed by atoms with Gasteiger partial charge >= 0.3 is 6.09 Å². The van der Waals surface area contributed by atoms with Gasteiger partial charge < -0.3 is 19.7 Å². The van der Waals surface area contributed by atoms with Gasteiger partial charge in [0.1, 0.15) is 11.5 Å². The maximum Gasteiger partial charge on any atom is 0.414 e. The molecule has 0 spiro atoms. The largest absolute Gasteiger partial charge is 0.493 e. The molecule has 1 N–H and O–H groups in total. The molecule has 1 unspecified atom stereocenters. The number of halogens is 3. The van der Waals surface area contributed by atoms with Gasteiger partial charge in [0.25, 0.3) is 0 Å². The zero-order chi connectivity index (χ0) is 19.1. The van der Waals surface area contributed by atoms with E-state index in [1.807, 2.05) is 19.2 Å². The van der Waals surface area contributed by atoms with Crippen LogP contribution < -0.4 is 14.8 Å². The van der Waals surface area contributed by atoms with Crippen LogP contribution in [0.5, 0.6) is 11.5 Å². The molecule has 27 heavy (non-hydrogen) atoms. The van der Waals surface area contributed by atoms with E-state index in [1.54, 1.807) is 44.4 Å². The van der Waals surface area contributed by atoms with Gasteiger partial charge in [0, 0.05) is 32.6 Å². The minimum Gasteiger partial charge on any atom is -0.493 e. The van der Waals surface area contributed by atoms with Crippen molar-refractivity contribution in [2.45, 2.75) is 12.5 Å². The second kappa shape index (κ2) is 11.2. The zero-order valence-corrected chi connectivity index (χ0v) is 17.7. The van der Waals surface area contributed by atoms with Crippen LogP contribution in [0.15, 0.2) is 42.5 Å². The predicted molar refractivity (Wildman–Crippen MR) is 112 cm³/mol. The van der Waals surface area contributed by atoms with Gasteiger partial charge in [-0.1, -0.05) is 35.3 Å². The number of carbonyl (C=O) groups excluding carboxylic acids is 1. The molecule has 2 aromatic carbocycles. The predicted octanol–water partition coefficient (Wildman–Crippen LogP) is 5.21. The van der Waals surface area contributed by atoms with Gasteiger partial charge in [0.15, 0.2) is 0 Å². The van der Waals surface area contributed by atoms with Crippen molar-refractivity contribution in [2.24, 2.45) is 0 Å². The zero-order valence-electron chi connectivity index (χ0n) is 15.4. The molecule has 0 fully saturated rings. The van der Waals surface area contributed by atoms with Crippen LogP contribution in [-0.4, -0.2) is 38.7 Å². The Morgan fingerprint density at radius 1 is 1.07 bits per heavy atom. The van der Waals surface area contributed by atoms with Gasteiger partial charge in [-0.3, -0.25) is 0 Å². The molecule has 5 nitrogen and oxygen atoms in total. The van der Waals surface area contributed by atoms with Crippen molar-refractivity contribution in [3.05, 3.63) is 58.1 Å². The number of benzene rings is 2. The lowest BCUT2D eigenvalue weighted by Gasteiger charge is -2.18. The SMILES string of the molecule is CNC(CCOc1ccc(Cl)c(Cl)c1)c1ccc(OC(=O)N(C)C)cc1.Cl.